The first kappa shape index (κ1) is 15.3. The Bertz CT molecular complexity index is 566. The van der Waals surface area contributed by atoms with E-state index in [2.05, 4.69) is 15.5 Å². The molecule has 2 aromatic rings. The summed E-state index contributed by atoms with van der Waals surface area (Å²) in [7, 11) is 0. The van der Waals surface area contributed by atoms with Gasteiger partial charge in [-0.3, -0.25) is 9.89 Å². The quantitative estimate of drug-likeness (QED) is 0.757. The molecule has 0 aliphatic heterocycles. The summed E-state index contributed by atoms with van der Waals surface area (Å²) < 4.78 is 0. The van der Waals surface area contributed by atoms with Crippen LogP contribution >= 0.6 is 0 Å². The van der Waals surface area contributed by atoms with Gasteiger partial charge in [0, 0.05) is 18.2 Å². The second kappa shape index (κ2) is 6.54. The van der Waals surface area contributed by atoms with Crippen molar-refractivity contribution in [3.8, 4) is 0 Å². The third kappa shape index (κ3) is 3.92. The summed E-state index contributed by atoms with van der Waals surface area (Å²) in [4.78, 5) is 12.0. The van der Waals surface area contributed by atoms with Crippen LogP contribution in [0.25, 0.3) is 0 Å². The number of benzene rings is 1. The van der Waals surface area contributed by atoms with Crippen LogP contribution in [0.15, 0.2) is 42.6 Å². The van der Waals surface area contributed by atoms with Crippen molar-refractivity contribution < 1.29 is 9.90 Å². The summed E-state index contributed by atoms with van der Waals surface area (Å²) in [5.74, 6) is -0.215. The molecule has 5 nitrogen and oxygen atoms in total. The standard InChI is InChI=1S/C16H21N3O2/c1-12(20)16(2,10-13-6-4-3-5-7-13)11-17-15(21)14-8-9-18-19-14/h3-9,12,20H,10-11H2,1-2H3,(H,17,21)(H,18,19). The molecule has 5 heteroatoms. The van der Waals surface area contributed by atoms with Crippen molar-refractivity contribution in [1.29, 1.82) is 0 Å². The van der Waals surface area contributed by atoms with Gasteiger partial charge in [-0.1, -0.05) is 37.3 Å². The van der Waals surface area contributed by atoms with E-state index in [0.717, 1.165) is 5.56 Å². The minimum Gasteiger partial charge on any atom is -0.393 e. The van der Waals surface area contributed by atoms with E-state index >= 15 is 0 Å². The molecule has 0 bridgehead atoms. The van der Waals surface area contributed by atoms with Gasteiger partial charge >= 0.3 is 0 Å². The fraction of sp³-hybridized carbons (Fsp3) is 0.375. The lowest BCUT2D eigenvalue weighted by atomic mass is 9.79. The fourth-order valence-corrected chi connectivity index (χ4v) is 2.18. The number of H-pyrrole nitrogens is 1. The number of hydrogen-bond acceptors (Lipinski definition) is 3. The van der Waals surface area contributed by atoms with Crippen LogP contribution in [-0.2, 0) is 6.42 Å². The van der Waals surface area contributed by atoms with E-state index in [0.29, 0.717) is 18.7 Å². The Hall–Kier alpha value is -2.14. The number of rotatable bonds is 6. The number of aliphatic hydroxyl groups excluding tert-OH is 1. The van der Waals surface area contributed by atoms with Crippen LogP contribution in [0.3, 0.4) is 0 Å². The van der Waals surface area contributed by atoms with Gasteiger partial charge in [-0.25, -0.2) is 0 Å². The molecule has 1 heterocycles. The van der Waals surface area contributed by atoms with E-state index in [1.165, 1.54) is 6.20 Å². The van der Waals surface area contributed by atoms with Gasteiger partial charge < -0.3 is 10.4 Å². The summed E-state index contributed by atoms with van der Waals surface area (Å²) in [6.45, 7) is 4.11. The Kier molecular flexibility index (Phi) is 4.75. The molecule has 1 aromatic heterocycles. The molecule has 112 valence electrons. The Balaban J connectivity index is 2.03. The molecule has 2 unspecified atom stereocenters. The van der Waals surface area contributed by atoms with Crippen molar-refractivity contribution in [2.45, 2.75) is 26.4 Å². The number of nitrogens with one attached hydrogen (secondary N) is 2. The summed E-state index contributed by atoms with van der Waals surface area (Å²) in [6.07, 6.45) is 1.68. The van der Waals surface area contributed by atoms with Crippen LogP contribution in [0.1, 0.15) is 29.9 Å². The zero-order valence-corrected chi connectivity index (χ0v) is 12.3. The Labute approximate surface area is 124 Å². The molecular formula is C16H21N3O2. The SMILES string of the molecule is CC(O)C(C)(CNC(=O)c1ccn[nH]1)Cc1ccccc1. The van der Waals surface area contributed by atoms with Crippen LogP contribution in [0.5, 0.6) is 0 Å². The van der Waals surface area contributed by atoms with Crippen LogP contribution in [-0.4, -0.2) is 33.9 Å². The monoisotopic (exact) mass is 287 g/mol. The minimum absolute atomic E-state index is 0.215. The topological polar surface area (TPSA) is 78.0 Å². The molecule has 3 N–H and O–H groups in total. The maximum Gasteiger partial charge on any atom is 0.269 e. The van der Waals surface area contributed by atoms with Crippen molar-refractivity contribution in [3.63, 3.8) is 0 Å². The third-order valence-electron chi connectivity index (χ3n) is 3.86. The lowest BCUT2D eigenvalue weighted by Crippen LogP contribution is -2.43. The van der Waals surface area contributed by atoms with E-state index in [4.69, 9.17) is 0 Å². The fourth-order valence-electron chi connectivity index (χ4n) is 2.18. The molecular weight excluding hydrogens is 266 g/mol. The smallest absolute Gasteiger partial charge is 0.269 e. The maximum absolute atomic E-state index is 12.0. The molecule has 1 aromatic carbocycles. The van der Waals surface area contributed by atoms with Gasteiger partial charge in [0.1, 0.15) is 5.69 Å². The molecule has 0 saturated carbocycles. The molecule has 0 radical (unpaired) electrons. The number of carbonyl (C=O) groups is 1. The average Bonchev–Trinajstić information content (AvgIpc) is 3.00. The zero-order chi connectivity index (χ0) is 15.3. The third-order valence-corrected chi connectivity index (χ3v) is 3.86. The molecule has 0 spiro atoms. The van der Waals surface area contributed by atoms with Gasteiger partial charge in [0.05, 0.1) is 6.10 Å². The number of carbonyl (C=O) groups excluding carboxylic acids is 1. The molecule has 0 saturated heterocycles. The van der Waals surface area contributed by atoms with E-state index in [1.807, 2.05) is 37.3 Å². The van der Waals surface area contributed by atoms with Crippen molar-refractivity contribution in [2.24, 2.45) is 5.41 Å². The second-order valence-corrected chi connectivity index (χ2v) is 5.65. The summed E-state index contributed by atoms with van der Waals surface area (Å²) >= 11 is 0. The first-order valence-corrected chi connectivity index (χ1v) is 7.01. The van der Waals surface area contributed by atoms with Crippen LogP contribution in [0, 0.1) is 5.41 Å². The lowest BCUT2D eigenvalue weighted by Gasteiger charge is -2.33. The molecule has 1 amide bonds. The van der Waals surface area contributed by atoms with Gasteiger partial charge in [-0.2, -0.15) is 5.10 Å². The lowest BCUT2D eigenvalue weighted by molar-refractivity contribution is 0.0499. The molecule has 0 aliphatic rings. The predicted molar refractivity (Wildman–Crippen MR) is 80.9 cm³/mol. The Morgan fingerprint density at radius 2 is 2.10 bits per heavy atom. The normalized spacial score (nSPS) is 15.2. The first-order valence-electron chi connectivity index (χ1n) is 7.01. The van der Waals surface area contributed by atoms with Crippen LogP contribution < -0.4 is 5.32 Å². The number of aromatic amines is 1. The highest BCUT2D eigenvalue weighted by Crippen LogP contribution is 2.26. The van der Waals surface area contributed by atoms with Gasteiger partial charge in [0.15, 0.2) is 0 Å². The zero-order valence-electron chi connectivity index (χ0n) is 12.3. The number of hydrogen-bond donors (Lipinski definition) is 3. The molecule has 0 aliphatic carbocycles. The highest BCUT2D eigenvalue weighted by atomic mass is 16.3. The minimum atomic E-state index is -0.542. The number of aromatic nitrogens is 2. The van der Waals surface area contributed by atoms with E-state index in [-0.39, 0.29) is 5.91 Å². The Morgan fingerprint density at radius 3 is 2.67 bits per heavy atom. The van der Waals surface area contributed by atoms with E-state index < -0.39 is 11.5 Å². The summed E-state index contributed by atoms with van der Waals surface area (Å²) in [6, 6.07) is 11.6. The summed E-state index contributed by atoms with van der Waals surface area (Å²) in [5.41, 5.74) is 1.12. The predicted octanol–water partition coefficient (Wildman–Crippen LogP) is 1.77. The summed E-state index contributed by atoms with van der Waals surface area (Å²) in [5, 5.41) is 19.3. The number of amides is 1. The van der Waals surface area contributed by atoms with Gasteiger partial charge in [0.2, 0.25) is 0 Å². The molecule has 21 heavy (non-hydrogen) atoms. The molecule has 2 rings (SSSR count). The van der Waals surface area contributed by atoms with Gasteiger partial charge in [-0.15, -0.1) is 0 Å². The maximum atomic E-state index is 12.0. The number of aliphatic hydroxyl groups is 1. The highest BCUT2D eigenvalue weighted by Gasteiger charge is 2.31. The molecule has 0 fully saturated rings. The number of nitrogens with zero attached hydrogens (tertiary/aromatic N) is 1. The van der Waals surface area contributed by atoms with Crippen LogP contribution in [0.2, 0.25) is 0 Å². The van der Waals surface area contributed by atoms with Crippen molar-refractivity contribution >= 4 is 5.91 Å². The van der Waals surface area contributed by atoms with Crippen LogP contribution in [0.4, 0.5) is 0 Å². The largest absolute Gasteiger partial charge is 0.393 e. The Morgan fingerprint density at radius 1 is 1.38 bits per heavy atom. The molecule has 2 atom stereocenters. The van der Waals surface area contributed by atoms with Crippen molar-refractivity contribution in [2.75, 3.05) is 6.54 Å². The van der Waals surface area contributed by atoms with E-state index in [1.54, 1.807) is 13.0 Å². The van der Waals surface area contributed by atoms with E-state index in [9.17, 15) is 9.90 Å². The second-order valence-electron chi connectivity index (χ2n) is 5.65. The van der Waals surface area contributed by atoms with Gasteiger partial charge in [0.25, 0.3) is 5.91 Å². The average molecular weight is 287 g/mol. The van der Waals surface area contributed by atoms with Crippen molar-refractivity contribution in [3.05, 3.63) is 53.9 Å². The first-order chi connectivity index (χ1) is 10.0. The van der Waals surface area contributed by atoms with Crippen molar-refractivity contribution in [1.82, 2.24) is 15.5 Å². The van der Waals surface area contributed by atoms with Gasteiger partial charge in [-0.05, 0) is 25.0 Å². The highest BCUT2D eigenvalue weighted by molar-refractivity contribution is 5.92.